The highest BCUT2D eigenvalue weighted by atomic mass is 16.6. The topological polar surface area (TPSA) is 163 Å². The zero-order valence-corrected chi connectivity index (χ0v) is 24.0. The molecule has 1 heterocycles. The zero-order valence-electron chi connectivity index (χ0n) is 24.0. The molecule has 11 heteroatoms. The molecule has 0 fully saturated rings. The molecule has 5 atom stereocenters. The second-order valence-electron chi connectivity index (χ2n) is 9.97. The molecular weight excluding hydrogens is 518 g/mol. The number of likely N-dealkylation sites (N-methyl/N-ethyl adjacent to an activating group) is 1. The van der Waals surface area contributed by atoms with E-state index in [2.05, 4.69) is 10.6 Å². The summed E-state index contributed by atoms with van der Waals surface area (Å²) in [6.07, 6.45) is 4.21. The number of amides is 2. The molecule has 11 nitrogen and oxygen atoms in total. The summed E-state index contributed by atoms with van der Waals surface area (Å²) in [5.74, 6) is -2.58. The quantitative estimate of drug-likeness (QED) is 0.347. The molecule has 4 N–H and O–H groups in total. The number of primary amides is 1. The van der Waals surface area contributed by atoms with Crippen LogP contribution in [0.1, 0.15) is 40.5 Å². The first-order chi connectivity index (χ1) is 18.8. The van der Waals surface area contributed by atoms with Crippen LogP contribution in [0.15, 0.2) is 58.5 Å². The summed E-state index contributed by atoms with van der Waals surface area (Å²) in [7, 11) is 4.39. The Morgan fingerprint density at radius 2 is 1.77 bits per heavy atom. The number of Topliss-reactive ketones (excluding diaryl/α,β-unsaturated/α-hetero) is 2. The van der Waals surface area contributed by atoms with Crippen molar-refractivity contribution >= 4 is 29.4 Å². The van der Waals surface area contributed by atoms with Crippen LogP contribution in [0.5, 0.6) is 0 Å². The van der Waals surface area contributed by atoms with E-state index in [0.29, 0.717) is 5.57 Å². The van der Waals surface area contributed by atoms with Crippen LogP contribution in [0.25, 0.3) is 0 Å². The van der Waals surface area contributed by atoms with Crippen LogP contribution in [-0.4, -0.2) is 68.9 Å². The van der Waals surface area contributed by atoms with Crippen molar-refractivity contribution in [1.82, 2.24) is 10.6 Å². The van der Waals surface area contributed by atoms with E-state index in [1.807, 2.05) is 6.92 Å². The molecule has 218 valence electrons. The molecule has 1 aliphatic carbocycles. The Morgan fingerprint density at radius 1 is 1.10 bits per heavy atom. The Morgan fingerprint density at radius 3 is 2.35 bits per heavy atom. The Hall–Kier alpha value is -3.83. The van der Waals surface area contributed by atoms with Crippen LogP contribution in [-0.2, 0) is 33.4 Å². The molecular formula is C29H39N3O8. The summed E-state index contributed by atoms with van der Waals surface area (Å²) in [6.45, 7) is 6.79. The number of allylic oxidation sites excluding steroid dienone is 5. The lowest BCUT2D eigenvalue weighted by atomic mass is 9.85. The minimum Gasteiger partial charge on any atom is -0.439 e. The summed E-state index contributed by atoms with van der Waals surface area (Å²) in [4.78, 5) is 64.0. The summed E-state index contributed by atoms with van der Waals surface area (Å²) in [6, 6.07) is 0. The van der Waals surface area contributed by atoms with E-state index in [-0.39, 0.29) is 47.1 Å². The van der Waals surface area contributed by atoms with Crippen LogP contribution in [0.3, 0.4) is 0 Å². The molecule has 0 aromatic heterocycles. The predicted molar refractivity (Wildman–Crippen MR) is 148 cm³/mol. The number of nitrogens with one attached hydrogen (secondary N) is 2. The van der Waals surface area contributed by atoms with Gasteiger partial charge in [0, 0.05) is 44.4 Å². The van der Waals surface area contributed by atoms with Crippen LogP contribution >= 0.6 is 0 Å². The molecule has 0 spiro atoms. The Bertz CT molecular complexity index is 1190. The standard InChI is InChI=1S/C29H39N3O8/c1-15-11-19-24(31-5)21(33)14-20(26(19)35)32-28(36)16(2)9-8-10-22(38-6)27(40-29(30)37)18(4)13-17(3)25(34)23(12-15)39-7/h8-10,13-15,17,22-23,27,31H,11-12H2,1-7H3,(H2,30,37)(H,32,36)/b10-8+,16-9-,18-13+/t15-,17+,22+,23+,27+/m1/s1. The van der Waals surface area contributed by atoms with Gasteiger partial charge in [0.2, 0.25) is 11.6 Å². The Balaban J connectivity index is 2.61. The van der Waals surface area contributed by atoms with Crippen molar-refractivity contribution in [3.63, 3.8) is 0 Å². The maximum atomic E-state index is 13.4. The van der Waals surface area contributed by atoms with Crippen LogP contribution in [0.4, 0.5) is 4.79 Å². The van der Waals surface area contributed by atoms with Crippen molar-refractivity contribution in [1.29, 1.82) is 0 Å². The smallest absolute Gasteiger partial charge is 0.405 e. The third-order valence-corrected chi connectivity index (χ3v) is 6.84. The van der Waals surface area contributed by atoms with E-state index in [9.17, 15) is 24.0 Å². The van der Waals surface area contributed by atoms with E-state index in [1.54, 1.807) is 33.0 Å². The maximum Gasteiger partial charge on any atom is 0.405 e. The first-order valence-electron chi connectivity index (χ1n) is 13.0. The second-order valence-corrected chi connectivity index (χ2v) is 9.97. The van der Waals surface area contributed by atoms with E-state index < -0.39 is 47.8 Å². The molecule has 40 heavy (non-hydrogen) atoms. The van der Waals surface area contributed by atoms with Gasteiger partial charge in [-0.15, -0.1) is 0 Å². The average Bonchev–Trinajstić information content (AvgIpc) is 2.90. The molecule has 0 aromatic carbocycles. The fraction of sp³-hybridized carbons (Fsp3) is 0.483. The molecule has 0 unspecified atom stereocenters. The lowest BCUT2D eigenvalue weighted by Gasteiger charge is -2.26. The highest BCUT2D eigenvalue weighted by Crippen LogP contribution is 2.27. The third-order valence-electron chi connectivity index (χ3n) is 6.84. The van der Waals surface area contributed by atoms with E-state index in [1.165, 1.54) is 33.3 Å². The number of fused-ring (bicyclic) bond motifs is 2. The highest BCUT2D eigenvalue weighted by molar-refractivity contribution is 6.23. The summed E-state index contributed by atoms with van der Waals surface area (Å²) in [5, 5.41) is 5.33. The largest absolute Gasteiger partial charge is 0.439 e. The fourth-order valence-electron chi connectivity index (χ4n) is 4.70. The highest BCUT2D eigenvalue weighted by Gasteiger charge is 2.33. The van der Waals surface area contributed by atoms with E-state index in [0.717, 1.165) is 6.08 Å². The van der Waals surface area contributed by atoms with Crippen molar-refractivity contribution in [3.05, 3.63) is 58.5 Å². The first kappa shape index (κ1) is 32.4. The fourth-order valence-corrected chi connectivity index (χ4v) is 4.70. The molecule has 0 saturated carbocycles. The summed E-state index contributed by atoms with van der Waals surface area (Å²) in [5.41, 5.74) is 6.31. The maximum absolute atomic E-state index is 13.4. The normalized spacial score (nSPS) is 30.9. The number of hydrogen-bond acceptors (Lipinski definition) is 9. The van der Waals surface area contributed by atoms with Gasteiger partial charge in [0.05, 0.1) is 11.4 Å². The van der Waals surface area contributed by atoms with Crippen LogP contribution in [0.2, 0.25) is 0 Å². The van der Waals surface area contributed by atoms with Gasteiger partial charge in [-0.05, 0) is 38.2 Å². The van der Waals surface area contributed by atoms with Crippen molar-refractivity contribution < 1.29 is 38.2 Å². The minimum absolute atomic E-state index is 0.136. The van der Waals surface area contributed by atoms with Crippen molar-refractivity contribution in [2.45, 2.75) is 58.8 Å². The van der Waals surface area contributed by atoms with E-state index in [4.69, 9.17) is 19.9 Å². The number of carbonyl (C=O) groups excluding carboxylic acids is 5. The predicted octanol–water partition coefficient (Wildman–Crippen LogP) is 2.19. The molecule has 2 aliphatic rings. The minimum atomic E-state index is -1.02. The Kier molecular flexibility index (Phi) is 11.8. The summed E-state index contributed by atoms with van der Waals surface area (Å²) >= 11 is 0. The number of methoxy groups -OCH3 is 2. The molecule has 1 aliphatic heterocycles. The third kappa shape index (κ3) is 8.09. The van der Waals surface area contributed by atoms with Crippen molar-refractivity contribution in [3.8, 4) is 0 Å². The van der Waals surface area contributed by atoms with Gasteiger partial charge >= 0.3 is 6.09 Å². The van der Waals surface area contributed by atoms with Gasteiger partial charge in [0.25, 0.3) is 5.91 Å². The monoisotopic (exact) mass is 557 g/mol. The average molecular weight is 558 g/mol. The molecule has 2 amide bonds. The van der Waals surface area contributed by atoms with Gasteiger partial charge in [-0.1, -0.05) is 38.2 Å². The number of hydrogen-bond donors (Lipinski definition) is 3. The van der Waals surface area contributed by atoms with Crippen LogP contribution < -0.4 is 16.4 Å². The first-order valence-corrected chi connectivity index (χ1v) is 13.0. The summed E-state index contributed by atoms with van der Waals surface area (Å²) < 4.78 is 16.4. The molecule has 2 bridgehead atoms. The molecule has 2 rings (SSSR count). The van der Waals surface area contributed by atoms with Gasteiger partial charge in [0.15, 0.2) is 11.9 Å². The molecule has 0 radical (unpaired) electrons. The van der Waals surface area contributed by atoms with Gasteiger partial charge < -0.3 is 30.6 Å². The lowest BCUT2D eigenvalue weighted by molar-refractivity contribution is -0.132. The molecule has 0 aromatic rings. The van der Waals surface area contributed by atoms with Gasteiger partial charge in [-0.2, -0.15) is 0 Å². The zero-order chi connectivity index (χ0) is 30.1. The lowest BCUT2D eigenvalue weighted by Crippen LogP contribution is -2.36. The second kappa shape index (κ2) is 14.5. The number of ketones is 3. The number of rotatable bonds is 4. The van der Waals surface area contributed by atoms with Crippen molar-refractivity contribution in [2.24, 2.45) is 17.6 Å². The molecule has 0 saturated heterocycles. The number of carbonyl (C=O) groups is 5. The van der Waals surface area contributed by atoms with Crippen LogP contribution in [0, 0.1) is 11.8 Å². The van der Waals surface area contributed by atoms with Gasteiger partial charge in [0.1, 0.15) is 12.2 Å². The van der Waals surface area contributed by atoms with Gasteiger partial charge in [-0.25, -0.2) is 4.79 Å². The SMILES string of the molecule is CNC1=C2C[C@@H](C)C[C@H](OC)C(=O)[C@@H](C)/C=C(\C)[C@H](OC(N)=O)[C@@H](OC)/C=C/C=C(/C)C(=O)NC(=CC1=O)C2=O. The van der Waals surface area contributed by atoms with E-state index >= 15 is 0 Å². The number of nitrogens with two attached hydrogens (primary N) is 1. The van der Waals surface area contributed by atoms with Crippen molar-refractivity contribution in [2.75, 3.05) is 21.3 Å². The Labute approximate surface area is 234 Å². The van der Waals surface area contributed by atoms with Gasteiger partial charge in [-0.3, -0.25) is 19.2 Å². The number of ether oxygens (including phenoxy) is 3.